The Bertz CT molecular complexity index is 674. The van der Waals surface area contributed by atoms with Crippen molar-refractivity contribution in [3.05, 3.63) is 34.0 Å². The highest BCUT2D eigenvalue weighted by Crippen LogP contribution is 2.48. The number of hydrogen-bond donors (Lipinski definition) is 2. The second-order valence-corrected chi connectivity index (χ2v) is 10.4. The number of carboxylic acids is 1. The zero-order valence-electron chi connectivity index (χ0n) is 16.8. The number of rotatable bonds is 10. The van der Waals surface area contributed by atoms with Crippen LogP contribution in [0.5, 0.6) is 0 Å². The molecule has 3 nitrogen and oxygen atoms in total. The van der Waals surface area contributed by atoms with Crippen molar-refractivity contribution < 1.29 is 15.0 Å². The van der Waals surface area contributed by atoms with Crippen LogP contribution < -0.4 is 0 Å². The van der Waals surface area contributed by atoms with E-state index in [4.69, 9.17) is 16.7 Å². The Balaban J connectivity index is 1.47. The lowest BCUT2D eigenvalue weighted by atomic mass is 9.63. The quantitative estimate of drug-likeness (QED) is 0.342. The summed E-state index contributed by atoms with van der Waals surface area (Å²) in [5.74, 6) is 0.153. The molecule has 0 bridgehead atoms. The molecule has 2 aliphatic carbocycles. The van der Waals surface area contributed by atoms with Gasteiger partial charge in [-0.3, -0.25) is 0 Å². The molecule has 0 amide bonds. The first-order valence-electron chi connectivity index (χ1n) is 10.8. The third-order valence-electron chi connectivity index (χ3n) is 7.12. The Morgan fingerprint density at radius 3 is 2.79 bits per heavy atom. The van der Waals surface area contributed by atoms with Crippen LogP contribution in [-0.4, -0.2) is 27.7 Å². The van der Waals surface area contributed by atoms with Gasteiger partial charge in [0.2, 0.25) is 0 Å². The molecule has 5 heteroatoms. The lowest BCUT2D eigenvalue weighted by Crippen LogP contribution is -2.40. The van der Waals surface area contributed by atoms with Crippen molar-refractivity contribution in [2.75, 3.05) is 0 Å². The molecule has 2 saturated carbocycles. The number of hydrogen-bond acceptors (Lipinski definition) is 3. The third-order valence-corrected chi connectivity index (χ3v) is 8.77. The average Bonchev–Trinajstić information content (AvgIpc) is 3.23. The van der Waals surface area contributed by atoms with E-state index in [0.717, 1.165) is 62.7 Å². The summed E-state index contributed by atoms with van der Waals surface area (Å²) in [6.45, 7) is 2.20. The van der Waals surface area contributed by atoms with Crippen LogP contribution in [0.1, 0.15) is 79.3 Å². The molecule has 2 fully saturated rings. The molecule has 4 atom stereocenters. The van der Waals surface area contributed by atoms with Crippen molar-refractivity contribution in [1.29, 1.82) is 0 Å². The normalized spacial score (nSPS) is 27.8. The number of aryl methyl sites for hydroxylation is 1. The van der Waals surface area contributed by atoms with Crippen LogP contribution in [0.2, 0.25) is 0 Å². The van der Waals surface area contributed by atoms with Crippen molar-refractivity contribution in [1.82, 2.24) is 0 Å². The fourth-order valence-electron chi connectivity index (χ4n) is 5.00. The van der Waals surface area contributed by atoms with E-state index in [2.05, 4.69) is 19.1 Å². The summed E-state index contributed by atoms with van der Waals surface area (Å²) in [7, 11) is 0. The summed E-state index contributed by atoms with van der Waals surface area (Å²) in [6.07, 6.45) is 15.0. The molecule has 0 spiro atoms. The fourth-order valence-corrected chi connectivity index (χ4v) is 6.31. The number of aliphatic hydroxyl groups is 1. The van der Waals surface area contributed by atoms with Crippen molar-refractivity contribution in [2.45, 2.75) is 82.6 Å². The number of halogens is 1. The van der Waals surface area contributed by atoms with E-state index >= 15 is 0 Å². The highest BCUT2D eigenvalue weighted by Gasteiger charge is 2.41. The molecule has 3 rings (SSSR count). The Kier molecular flexibility index (Phi) is 7.63. The number of thiophene rings is 1. The molecule has 0 aromatic carbocycles. The first kappa shape index (κ1) is 21.9. The molecule has 2 N–H and O–H groups in total. The minimum absolute atomic E-state index is 0.162. The van der Waals surface area contributed by atoms with Crippen LogP contribution in [0.25, 0.3) is 0 Å². The standard InChI is InChI=1S/C23H33ClO3S/c1-2-23(14-5-15-23)21(25)9-4-8-18-16(10-12-19(18)24)6-3-7-17-11-13-20(28-17)22(26)27/h4,8,11,13,16,18-19,21,25H,2-3,5-7,9-10,12,14-15H2,1H3,(H,26,27)/b8-4+/t16-,18?,19?,21?/m0/s1. The molecule has 0 radical (unpaired) electrons. The number of aromatic carboxylic acids is 1. The number of aliphatic hydroxyl groups excluding tert-OH is 1. The van der Waals surface area contributed by atoms with E-state index in [1.54, 1.807) is 6.07 Å². The van der Waals surface area contributed by atoms with E-state index in [-0.39, 0.29) is 16.9 Å². The van der Waals surface area contributed by atoms with Gasteiger partial charge in [-0.1, -0.05) is 25.5 Å². The van der Waals surface area contributed by atoms with E-state index in [1.165, 1.54) is 17.8 Å². The fraction of sp³-hybridized carbons (Fsp3) is 0.696. The third kappa shape index (κ3) is 5.01. The van der Waals surface area contributed by atoms with Crippen LogP contribution in [0.15, 0.2) is 24.3 Å². The van der Waals surface area contributed by atoms with Crippen molar-refractivity contribution in [3.63, 3.8) is 0 Å². The van der Waals surface area contributed by atoms with Gasteiger partial charge in [0.05, 0.1) is 6.10 Å². The van der Waals surface area contributed by atoms with Gasteiger partial charge in [-0.15, -0.1) is 22.9 Å². The maximum Gasteiger partial charge on any atom is 0.345 e. The first-order chi connectivity index (χ1) is 13.4. The summed E-state index contributed by atoms with van der Waals surface area (Å²) >= 11 is 7.99. The van der Waals surface area contributed by atoms with Gasteiger partial charge in [-0.05, 0) is 87.2 Å². The summed E-state index contributed by atoms with van der Waals surface area (Å²) in [5, 5.41) is 19.8. The second kappa shape index (κ2) is 9.77. The number of carbonyl (C=O) groups is 1. The Morgan fingerprint density at radius 2 is 2.18 bits per heavy atom. The van der Waals surface area contributed by atoms with Gasteiger partial charge in [-0.2, -0.15) is 0 Å². The van der Waals surface area contributed by atoms with Gasteiger partial charge in [0.25, 0.3) is 0 Å². The number of alkyl halides is 1. The second-order valence-electron chi connectivity index (χ2n) is 8.64. The molecule has 0 aliphatic heterocycles. The molecule has 28 heavy (non-hydrogen) atoms. The maximum atomic E-state index is 11.0. The maximum absolute atomic E-state index is 11.0. The summed E-state index contributed by atoms with van der Waals surface area (Å²) in [4.78, 5) is 12.6. The molecule has 1 aromatic rings. The SMILES string of the molecule is CCC1(C(O)C/C=C/C2C(Cl)CC[C@@H]2CCCc2ccc(C(=O)O)s2)CCC1. The van der Waals surface area contributed by atoms with Crippen LogP contribution >= 0.6 is 22.9 Å². The van der Waals surface area contributed by atoms with Gasteiger partial charge < -0.3 is 10.2 Å². The monoisotopic (exact) mass is 424 g/mol. The van der Waals surface area contributed by atoms with E-state index in [0.29, 0.717) is 16.7 Å². The Labute approximate surface area is 177 Å². The lowest BCUT2D eigenvalue weighted by molar-refractivity contribution is -0.0355. The van der Waals surface area contributed by atoms with Gasteiger partial charge in [0, 0.05) is 10.3 Å². The molecule has 3 unspecified atom stereocenters. The molecule has 1 aromatic heterocycles. The van der Waals surface area contributed by atoms with Crippen LogP contribution in [0, 0.1) is 17.3 Å². The number of carboxylic acid groups (broad SMARTS) is 1. The molecule has 1 heterocycles. The smallest absolute Gasteiger partial charge is 0.345 e. The van der Waals surface area contributed by atoms with E-state index < -0.39 is 5.97 Å². The van der Waals surface area contributed by atoms with Gasteiger partial charge >= 0.3 is 5.97 Å². The van der Waals surface area contributed by atoms with Gasteiger partial charge in [0.1, 0.15) is 4.88 Å². The van der Waals surface area contributed by atoms with Crippen LogP contribution in [0.4, 0.5) is 0 Å². The largest absolute Gasteiger partial charge is 0.477 e. The predicted molar refractivity (Wildman–Crippen MR) is 116 cm³/mol. The zero-order valence-corrected chi connectivity index (χ0v) is 18.4. The lowest BCUT2D eigenvalue weighted by Gasteiger charge is -2.45. The van der Waals surface area contributed by atoms with E-state index in [9.17, 15) is 9.90 Å². The first-order valence-corrected chi connectivity index (χ1v) is 12.0. The van der Waals surface area contributed by atoms with Crippen molar-refractivity contribution in [2.24, 2.45) is 17.3 Å². The minimum Gasteiger partial charge on any atom is -0.477 e. The predicted octanol–water partition coefficient (Wildman–Crippen LogP) is 6.29. The van der Waals surface area contributed by atoms with Crippen LogP contribution in [0.3, 0.4) is 0 Å². The highest BCUT2D eigenvalue weighted by molar-refractivity contribution is 7.13. The van der Waals surface area contributed by atoms with Crippen molar-refractivity contribution >= 4 is 28.9 Å². The molecule has 156 valence electrons. The van der Waals surface area contributed by atoms with Crippen LogP contribution in [-0.2, 0) is 6.42 Å². The molecular weight excluding hydrogens is 392 g/mol. The Morgan fingerprint density at radius 1 is 1.39 bits per heavy atom. The summed E-state index contributed by atoms with van der Waals surface area (Å²) in [5.41, 5.74) is 0.162. The highest BCUT2D eigenvalue weighted by atomic mass is 35.5. The molecule has 2 aliphatic rings. The summed E-state index contributed by atoms with van der Waals surface area (Å²) in [6, 6.07) is 3.64. The van der Waals surface area contributed by atoms with Gasteiger partial charge in [0.15, 0.2) is 0 Å². The summed E-state index contributed by atoms with van der Waals surface area (Å²) < 4.78 is 0. The Hall–Kier alpha value is -0.840. The van der Waals surface area contributed by atoms with Gasteiger partial charge in [-0.25, -0.2) is 4.79 Å². The average molecular weight is 425 g/mol. The van der Waals surface area contributed by atoms with E-state index in [1.807, 2.05) is 6.07 Å². The number of allylic oxidation sites excluding steroid dienone is 1. The van der Waals surface area contributed by atoms with Crippen molar-refractivity contribution in [3.8, 4) is 0 Å². The topological polar surface area (TPSA) is 57.5 Å². The minimum atomic E-state index is -0.837. The molecular formula is C23H33ClO3S. The molecule has 0 saturated heterocycles. The zero-order chi connectivity index (χ0) is 20.1.